The third-order valence-corrected chi connectivity index (χ3v) is 3.90. The molecule has 1 atom stereocenters. The number of rotatable bonds is 2. The summed E-state index contributed by atoms with van der Waals surface area (Å²) in [6, 6.07) is 2.03. The fourth-order valence-electron chi connectivity index (χ4n) is 2.52. The SMILES string of the molecule is CC(C1CC1)N1Cc2cc(Cl)nc(N)c2C1=O. The van der Waals surface area contributed by atoms with Crippen molar-refractivity contribution in [1.82, 2.24) is 9.88 Å². The lowest BCUT2D eigenvalue weighted by Gasteiger charge is -2.23. The Morgan fingerprint density at radius 3 is 2.94 bits per heavy atom. The number of hydrogen-bond acceptors (Lipinski definition) is 3. The van der Waals surface area contributed by atoms with E-state index in [1.54, 1.807) is 6.07 Å². The van der Waals surface area contributed by atoms with Crippen LogP contribution in [0.1, 0.15) is 35.7 Å². The second kappa shape index (κ2) is 3.60. The molecule has 1 saturated carbocycles. The van der Waals surface area contributed by atoms with Gasteiger partial charge in [0.15, 0.2) is 0 Å². The number of anilines is 1. The number of carbonyl (C=O) groups excluding carboxylic acids is 1. The summed E-state index contributed by atoms with van der Waals surface area (Å²) in [5.41, 5.74) is 7.22. The standard InChI is InChI=1S/C12H14ClN3O/c1-6(7-2-3-7)16-5-8-4-9(13)15-11(14)10(8)12(16)17/h4,6-7H,2-3,5H2,1H3,(H2,14,15). The van der Waals surface area contributed by atoms with Gasteiger partial charge in [0, 0.05) is 12.6 Å². The number of fused-ring (bicyclic) bond motifs is 1. The van der Waals surface area contributed by atoms with Gasteiger partial charge >= 0.3 is 0 Å². The number of amides is 1. The first-order valence-electron chi connectivity index (χ1n) is 5.84. The van der Waals surface area contributed by atoms with Crippen LogP contribution < -0.4 is 5.73 Å². The van der Waals surface area contributed by atoms with Crippen molar-refractivity contribution in [2.24, 2.45) is 5.92 Å². The van der Waals surface area contributed by atoms with Crippen LogP contribution in [-0.4, -0.2) is 21.8 Å². The molecule has 0 radical (unpaired) electrons. The predicted octanol–water partition coefficient (Wildman–Crippen LogP) is 2.07. The zero-order valence-corrected chi connectivity index (χ0v) is 10.4. The van der Waals surface area contributed by atoms with E-state index in [0.717, 1.165) is 5.56 Å². The third kappa shape index (κ3) is 1.67. The van der Waals surface area contributed by atoms with E-state index in [2.05, 4.69) is 11.9 Å². The average Bonchev–Trinajstić information content (AvgIpc) is 3.03. The van der Waals surface area contributed by atoms with Crippen molar-refractivity contribution in [1.29, 1.82) is 0 Å². The number of nitrogen functional groups attached to an aromatic ring is 1. The molecule has 0 aromatic carbocycles. The number of nitrogens with zero attached hydrogens (tertiary/aromatic N) is 2. The summed E-state index contributed by atoms with van der Waals surface area (Å²) < 4.78 is 0. The Morgan fingerprint density at radius 1 is 1.59 bits per heavy atom. The smallest absolute Gasteiger partial charge is 0.258 e. The molecule has 90 valence electrons. The minimum absolute atomic E-state index is 0.000988. The largest absolute Gasteiger partial charge is 0.383 e. The van der Waals surface area contributed by atoms with Gasteiger partial charge in [-0.2, -0.15) is 0 Å². The molecule has 1 aromatic rings. The fourth-order valence-corrected chi connectivity index (χ4v) is 2.74. The van der Waals surface area contributed by atoms with Gasteiger partial charge in [-0.25, -0.2) is 4.98 Å². The van der Waals surface area contributed by atoms with E-state index in [-0.39, 0.29) is 17.8 Å². The van der Waals surface area contributed by atoms with Crippen molar-refractivity contribution in [3.8, 4) is 0 Å². The van der Waals surface area contributed by atoms with Gasteiger partial charge in [0.05, 0.1) is 5.56 Å². The number of halogens is 1. The lowest BCUT2D eigenvalue weighted by molar-refractivity contribution is 0.0698. The van der Waals surface area contributed by atoms with Crippen LogP contribution in [0.2, 0.25) is 5.15 Å². The molecular formula is C12H14ClN3O. The Morgan fingerprint density at radius 2 is 2.29 bits per heavy atom. The Labute approximate surface area is 105 Å². The van der Waals surface area contributed by atoms with Crippen LogP contribution in [0, 0.1) is 5.92 Å². The monoisotopic (exact) mass is 251 g/mol. The maximum absolute atomic E-state index is 12.3. The van der Waals surface area contributed by atoms with Gasteiger partial charge in [0.2, 0.25) is 0 Å². The van der Waals surface area contributed by atoms with Crippen molar-refractivity contribution < 1.29 is 4.79 Å². The van der Waals surface area contributed by atoms with E-state index in [1.165, 1.54) is 12.8 Å². The zero-order chi connectivity index (χ0) is 12.2. The molecule has 0 bridgehead atoms. The first-order valence-corrected chi connectivity index (χ1v) is 6.21. The quantitative estimate of drug-likeness (QED) is 0.819. The van der Waals surface area contributed by atoms with E-state index >= 15 is 0 Å². The lowest BCUT2D eigenvalue weighted by atomic mass is 10.1. The highest BCUT2D eigenvalue weighted by Crippen LogP contribution is 2.39. The Hall–Kier alpha value is -1.29. The van der Waals surface area contributed by atoms with Crippen LogP contribution in [0.25, 0.3) is 0 Å². The maximum Gasteiger partial charge on any atom is 0.258 e. The number of pyridine rings is 1. The van der Waals surface area contributed by atoms with Crippen molar-refractivity contribution in [3.63, 3.8) is 0 Å². The highest BCUT2D eigenvalue weighted by atomic mass is 35.5. The topological polar surface area (TPSA) is 59.2 Å². The Bertz CT molecular complexity index is 499. The second-order valence-electron chi connectivity index (χ2n) is 4.88. The first-order chi connectivity index (χ1) is 8.08. The summed E-state index contributed by atoms with van der Waals surface area (Å²) in [6.07, 6.45) is 2.44. The molecule has 2 N–H and O–H groups in total. The summed E-state index contributed by atoms with van der Waals surface area (Å²) in [5, 5.41) is 0.356. The molecule has 4 nitrogen and oxygen atoms in total. The second-order valence-corrected chi connectivity index (χ2v) is 5.26. The summed E-state index contributed by atoms with van der Waals surface area (Å²) in [5.74, 6) is 0.905. The van der Waals surface area contributed by atoms with E-state index in [4.69, 9.17) is 17.3 Å². The van der Waals surface area contributed by atoms with Crippen LogP contribution in [0.5, 0.6) is 0 Å². The molecule has 1 fully saturated rings. The van der Waals surface area contributed by atoms with Crippen LogP contribution in [0.4, 0.5) is 5.82 Å². The van der Waals surface area contributed by atoms with Crippen LogP contribution in [0.15, 0.2) is 6.07 Å². The minimum Gasteiger partial charge on any atom is -0.383 e. The maximum atomic E-state index is 12.3. The van der Waals surface area contributed by atoms with E-state index < -0.39 is 0 Å². The summed E-state index contributed by atoms with van der Waals surface area (Å²) in [4.78, 5) is 18.1. The molecular weight excluding hydrogens is 238 g/mol. The molecule has 0 saturated heterocycles. The molecule has 1 aliphatic carbocycles. The summed E-state index contributed by atoms with van der Waals surface area (Å²) in [7, 11) is 0. The van der Waals surface area contributed by atoms with Crippen molar-refractivity contribution >= 4 is 23.3 Å². The molecule has 2 aliphatic rings. The molecule has 17 heavy (non-hydrogen) atoms. The molecule has 3 rings (SSSR count). The van der Waals surface area contributed by atoms with Gasteiger partial charge in [0.25, 0.3) is 5.91 Å². The molecule has 1 aromatic heterocycles. The van der Waals surface area contributed by atoms with Gasteiger partial charge in [-0.3, -0.25) is 4.79 Å². The van der Waals surface area contributed by atoms with E-state index in [9.17, 15) is 4.79 Å². The molecule has 5 heteroatoms. The fraction of sp³-hybridized carbons (Fsp3) is 0.500. The molecule has 2 heterocycles. The number of hydrogen-bond donors (Lipinski definition) is 1. The van der Waals surface area contributed by atoms with Crippen LogP contribution in [-0.2, 0) is 6.54 Å². The Kier molecular flexibility index (Phi) is 2.30. The average molecular weight is 252 g/mol. The number of carbonyl (C=O) groups is 1. The van der Waals surface area contributed by atoms with Gasteiger partial charge < -0.3 is 10.6 Å². The lowest BCUT2D eigenvalue weighted by Crippen LogP contribution is -2.34. The highest BCUT2D eigenvalue weighted by molar-refractivity contribution is 6.29. The zero-order valence-electron chi connectivity index (χ0n) is 9.61. The van der Waals surface area contributed by atoms with Crippen molar-refractivity contribution in [2.45, 2.75) is 32.4 Å². The minimum atomic E-state index is 0.000988. The van der Waals surface area contributed by atoms with Crippen LogP contribution >= 0.6 is 11.6 Å². The summed E-state index contributed by atoms with van der Waals surface area (Å²) in [6.45, 7) is 2.71. The first kappa shape index (κ1) is 10.8. The highest BCUT2D eigenvalue weighted by Gasteiger charge is 2.39. The normalized spacial score (nSPS) is 20.6. The van der Waals surface area contributed by atoms with E-state index in [1.807, 2.05) is 4.90 Å². The van der Waals surface area contributed by atoms with Crippen LogP contribution in [0.3, 0.4) is 0 Å². The number of aromatic nitrogens is 1. The summed E-state index contributed by atoms with van der Waals surface area (Å²) >= 11 is 5.86. The molecule has 1 amide bonds. The van der Waals surface area contributed by atoms with Crippen molar-refractivity contribution in [3.05, 3.63) is 22.3 Å². The third-order valence-electron chi connectivity index (χ3n) is 3.71. The van der Waals surface area contributed by atoms with E-state index in [0.29, 0.717) is 23.2 Å². The van der Waals surface area contributed by atoms with Crippen molar-refractivity contribution in [2.75, 3.05) is 5.73 Å². The predicted molar refractivity (Wildman–Crippen MR) is 65.7 cm³/mol. The van der Waals surface area contributed by atoms with Gasteiger partial charge in [0.1, 0.15) is 11.0 Å². The van der Waals surface area contributed by atoms with Gasteiger partial charge in [-0.15, -0.1) is 0 Å². The molecule has 1 unspecified atom stereocenters. The molecule has 0 spiro atoms. The Balaban J connectivity index is 1.96. The number of nitrogens with two attached hydrogens (primary N) is 1. The molecule has 1 aliphatic heterocycles. The van der Waals surface area contributed by atoms with Gasteiger partial charge in [-0.1, -0.05) is 11.6 Å². The van der Waals surface area contributed by atoms with Gasteiger partial charge in [-0.05, 0) is 37.3 Å².